The molecule has 0 amide bonds. The van der Waals surface area contributed by atoms with Crippen molar-refractivity contribution >= 4 is 37.5 Å². The van der Waals surface area contributed by atoms with Crippen LogP contribution < -0.4 is 10.1 Å². The Hall–Kier alpha value is -1.78. The second kappa shape index (κ2) is 8.74. The summed E-state index contributed by atoms with van der Waals surface area (Å²) in [5.74, 6) is 0.856. The summed E-state index contributed by atoms with van der Waals surface area (Å²) < 4.78 is 8.00. The maximum absolute atomic E-state index is 5.94. The van der Waals surface area contributed by atoms with Gasteiger partial charge in [-0.2, -0.15) is 0 Å². The standard InChI is InChI=1S/C22H21Br2NO/c1-15-3-5-17(6-4-15)14-26-22-10-7-18(12-20(22)24)13-25-21-9-8-19(23)11-16(21)2/h3-12,25H,13-14H2,1-2H3. The zero-order valence-corrected chi connectivity index (χ0v) is 18.0. The molecule has 0 atom stereocenters. The van der Waals surface area contributed by atoms with Crippen molar-refractivity contribution in [3.63, 3.8) is 0 Å². The van der Waals surface area contributed by atoms with E-state index in [4.69, 9.17) is 4.74 Å². The minimum Gasteiger partial charge on any atom is -0.488 e. The summed E-state index contributed by atoms with van der Waals surface area (Å²) in [6.07, 6.45) is 0. The molecule has 0 bridgehead atoms. The van der Waals surface area contributed by atoms with Crippen LogP contribution in [0.5, 0.6) is 5.75 Å². The normalized spacial score (nSPS) is 10.6. The predicted molar refractivity (Wildman–Crippen MR) is 116 cm³/mol. The Morgan fingerprint density at radius 2 is 1.58 bits per heavy atom. The lowest BCUT2D eigenvalue weighted by atomic mass is 10.1. The molecule has 0 radical (unpaired) electrons. The molecular weight excluding hydrogens is 454 g/mol. The van der Waals surface area contributed by atoms with Gasteiger partial charge in [0.15, 0.2) is 0 Å². The number of hydrogen-bond donors (Lipinski definition) is 1. The lowest BCUT2D eigenvalue weighted by Crippen LogP contribution is -2.02. The summed E-state index contributed by atoms with van der Waals surface area (Å²) >= 11 is 7.12. The van der Waals surface area contributed by atoms with Gasteiger partial charge in [-0.3, -0.25) is 0 Å². The summed E-state index contributed by atoms with van der Waals surface area (Å²) in [5.41, 5.74) is 5.98. The summed E-state index contributed by atoms with van der Waals surface area (Å²) in [5, 5.41) is 3.48. The van der Waals surface area contributed by atoms with Crippen LogP contribution in [0.15, 0.2) is 69.6 Å². The van der Waals surface area contributed by atoms with E-state index in [1.807, 2.05) is 12.1 Å². The molecule has 2 nitrogen and oxygen atoms in total. The molecule has 0 aliphatic carbocycles. The van der Waals surface area contributed by atoms with Gasteiger partial charge in [-0.15, -0.1) is 0 Å². The second-order valence-electron chi connectivity index (χ2n) is 6.35. The van der Waals surface area contributed by atoms with Gasteiger partial charge in [-0.1, -0.05) is 51.8 Å². The average Bonchev–Trinajstić information content (AvgIpc) is 2.61. The molecule has 26 heavy (non-hydrogen) atoms. The number of anilines is 1. The quantitative estimate of drug-likeness (QED) is 0.414. The van der Waals surface area contributed by atoms with Crippen molar-refractivity contribution < 1.29 is 4.74 Å². The van der Waals surface area contributed by atoms with Crippen LogP contribution >= 0.6 is 31.9 Å². The van der Waals surface area contributed by atoms with Crippen LogP contribution in [0.25, 0.3) is 0 Å². The van der Waals surface area contributed by atoms with E-state index < -0.39 is 0 Å². The van der Waals surface area contributed by atoms with Gasteiger partial charge in [-0.05, 0) is 76.8 Å². The smallest absolute Gasteiger partial charge is 0.134 e. The molecule has 1 N–H and O–H groups in total. The number of hydrogen-bond acceptors (Lipinski definition) is 2. The largest absolute Gasteiger partial charge is 0.488 e. The highest BCUT2D eigenvalue weighted by Gasteiger charge is 2.05. The topological polar surface area (TPSA) is 21.3 Å². The van der Waals surface area contributed by atoms with Gasteiger partial charge in [0.25, 0.3) is 0 Å². The van der Waals surface area contributed by atoms with Crippen LogP contribution in [0, 0.1) is 13.8 Å². The minimum absolute atomic E-state index is 0.564. The van der Waals surface area contributed by atoms with Gasteiger partial charge in [-0.25, -0.2) is 0 Å². The first kappa shape index (κ1) is 19.0. The highest BCUT2D eigenvalue weighted by atomic mass is 79.9. The summed E-state index contributed by atoms with van der Waals surface area (Å²) in [6.45, 7) is 5.52. The number of rotatable bonds is 6. The van der Waals surface area contributed by atoms with Crippen LogP contribution in [-0.2, 0) is 13.2 Å². The van der Waals surface area contributed by atoms with E-state index in [0.717, 1.165) is 26.9 Å². The third-order valence-corrected chi connectivity index (χ3v) is 5.30. The third-order valence-electron chi connectivity index (χ3n) is 4.18. The van der Waals surface area contributed by atoms with Crippen LogP contribution in [-0.4, -0.2) is 0 Å². The van der Waals surface area contributed by atoms with E-state index in [9.17, 15) is 0 Å². The van der Waals surface area contributed by atoms with Crippen molar-refractivity contribution in [2.75, 3.05) is 5.32 Å². The number of ether oxygens (including phenoxy) is 1. The Morgan fingerprint density at radius 1 is 0.846 bits per heavy atom. The number of aryl methyl sites for hydroxylation is 2. The second-order valence-corrected chi connectivity index (χ2v) is 8.12. The fourth-order valence-corrected chi connectivity index (χ4v) is 3.66. The van der Waals surface area contributed by atoms with E-state index in [2.05, 4.69) is 99.6 Å². The molecule has 3 aromatic carbocycles. The van der Waals surface area contributed by atoms with Crippen molar-refractivity contribution in [1.82, 2.24) is 0 Å². The average molecular weight is 475 g/mol. The van der Waals surface area contributed by atoms with Crippen LogP contribution in [0.1, 0.15) is 22.3 Å². The monoisotopic (exact) mass is 473 g/mol. The molecule has 0 saturated heterocycles. The van der Waals surface area contributed by atoms with Crippen molar-refractivity contribution in [3.05, 3.63) is 91.9 Å². The van der Waals surface area contributed by atoms with Crippen LogP contribution in [0.3, 0.4) is 0 Å². The fourth-order valence-electron chi connectivity index (χ4n) is 2.64. The first-order valence-corrected chi connectivity index (χ1v) is 10.1. The molecule has 0 heterocycles. The van der Waals surface area contributed by atoms with E-state index >= 15 is 0 Å². The number of nitrogens with one attached hydrogen (secondary N) is 1. The Labute approximate surface area is 171 Å². The molecule has 0 saturated carbocycles. The Morgan fingerprint density at radius 3 is 2.27 bits per heavy atom. The van der Waals surface area contributed by atoms with Gasteiger partial charge < -0.3 is 10.1 Å². The van der Waals surface area contributed by atoms with E-state index in [-0.39, 0.29) is 0 Å². The van der Waals surface area contributed by atoms with Gasteiger partial charge in [0, 0.05) is 16.7 Å². The Bertz CT molecular complexity index is 891. The Kier molecular flexibility index (Phi) is 6.38. The van der Waals surface area contributed by atoms with E-state index in [0.29, 0.717) is 6.61 Å². The molecule has 0 aromatic heterocycles. The van der Waals surface area contributed by atoms with E-state index in [1.165, 1.54) is 22.3 Å². The van der Waals surface area contributed by atoms with Gasteiger partial charge in [0.2, 0.25) is 0 Å². The number of benzene rings is 3. The maximum atomic E-state index is 5.94. The van der Waals surface area contributed by atoms with Crippen molar-refractivity contribution in [2.24, 2.45) is 0 Å². The van der Waals surface area contributed by atoms with Gasteiger partial charge in [0.05, 0.1) is 4.47 Å². The number of halogens is 2. The molecule has 4 heteroatoms. The molecule has 3 rings (SSSR count). The van der Waals surface area contributed by atoms with Gasteiger partial charge >= 0.3 is 0 Å². The first-order chi connectivity index (χ1) is 12.5. The molecule has 3 aromatic rings. The van der Waals surface area contributed by atoms with Crippen LogP contribution in [0.2, 0.25) is 0 Å². The zero-order valence-electron chi connectivity index (χ0n) is 14.9. The summed E-state index contributed by atoms with van der Waals surface area (Å²) in [4.78, 5) is 0. The van der Waals surface area contributed by atoms with Gasteiger partial charge in [0.1, 0.15) is 12.4 Å². The molecule has 0 spiro atoms. The minimum atomic E-state index is 0.564. The SMILES string of the molecule is Cc1ccc(COc2ccc(CNc3ccc(Br)cc3C)cc2Br)cc1. The van der Waals surface area contributed by atoms with Crippen molar-refractivity contribution in [3.8, 4) is 5.75 Å². The lowest BCUT2D eigenvalue weighted by Gasteiger charge is -2.12. The zero-order chi connectivity index (χ0) is 18.5. The highest BCUT2D eigenvalue weighted by molar-refractivity contribution is 9.10. The molecule has 0 unspecified atom stereocenters. The molecule has 0 aliphatic heterocycles. The molecule has 0 aliphatic rings. The van der Waals surface area contributed by atoms with Crippen molar-refractivity contribution in [1.29, 1.82) is 0 Å². The Balaban J connectivity index is 1.60. The highest BCUT2D eigenvalue weighted by Crippen LogP contribution is 2.28. The predicted octanol–water partition coefficient (Wildman–Crippen LogP) is 7.02. The lowest BCUT2D eigenvalue weighted by molar-refractivity contribution is 0.304. The van der Waals surface area contributed by atoms with E-state index in [1.54, 1.807) is 0 Å². The molecule has 134 valence electrons. The molecular formula is C22H21Br2NO. The third kappa shape index (κ3) is 5.12. The van der Waals surface area contributed by atoms with Crippen molar-refractivity contribution in [2.45, 2.75) is 27.0 Å². The maximum Gasteiger partial charge on any atom is 0.134 e. The fraction of sp³-hybridized carbons (Fsp3) is 0.182. The summed E-state index contributed by atoms with van der Waals surface area (Å²) in [6, 6.07) is 20.9. The molecule has 0 fully saturated rings. The van der Waals surface area contributed by atoms with Crippen LogP contribution in [0.4, 0.5) is 5.69 Å². The summed E-state index contributed by atoms with van der Waals surface area (Å²) in [7, 11) is 0. The first-order valence-electron chi connectivity index (χ1n) is 8.48.